The van der Waals surface area contributed by atoms with Crippen LogP contribution in [0.1, 0.15) is 0 Å². The number of nitrogen functional groups attached to an aromatic ring is 1. The highest BCUT2D eigenvalue weighted by molar-refractivity contribution is 5.68. The minimum atomic E-state index is -0.608. The van der Waals surface area contributed by atoms with Crippen molar-refractivity contribution in [2.24, 2.45) is 0 Å². The Morgan fingerprint density at radius 1 is 1.00 bits per heavy atom. The highest BCUT2D eigenvalue weighted by Crippen LogP contribution is 2.28. The maximum absolute atomic E-state index is 14.6. The van der Waals surface area contributed by atoms with Crippen LogP contribution in [0.4, 0.5) is 21.8 Å². The molecule has 0 radical (unpaired) electrons. The Morgan fingerprint density at radius 3 is 2.50 bits per heavy atom. The molecule has 5 nitrogen and oxygen atoms in total. The number of anilines is 3. The molecular weight excluding hydrogens is 283 g/mol. The van der Waals surface area contributed by atoms with Crippen LogP contribution in [0.5, 0.6) is 5.75 Å². The summed E-state index contributed by atoms with van der Waals surface area (Å²) in [7, 11) is 0. The summed E-state index contributed by atoms with van der Waals surface area (Å²) in [5.41, 5.74) is 6.89. The summed E-state index contributed by atoms with van der Waals surface area (Å²) in [5.74, 6) is -0.626. The highest BCUT2D eigenvalue weighted by Gasteiger charge is 2.15. The first-order chi connectivity index (χ1) is 10.6. The molecule has 0 saturated carbocycles. The molecule has 3 rings (SSSR count). The van der Waals surface area contributed by atoms with Gasteiger partial charge in [-0.3, -0.25) is 0 Å². The van der Waals surface area contributed by atoms with Gasteiger partial charge in [0, 0.05) is 17.3 Å². The van der Waals surface area contributed by atoms with Crippen molar-refractivity contribution in [3.63, 3.8) is 0 Å². The third-order valence-corrected chi connectivity index (χ3v) is 3.02. The summed E-state index contributed by atoms with van der Waals surface area (Å²) in [5, 5.41) is 12.3. The molecule has 0 aliphatic rings. The van der Waals surface area contributed by atoms with Gasteiger partial charge in [0.2, 0.25) is 5.95 Å². The second-order valence-corrected chi connectivity index (χ2v) is 4.63. The maximum Gasteiger partial charge on any atom is 0.222 e. The van der Waals surface area contributed by atoms with Crippen LogP contribution in [0.25, 0.3) is 11.3 Å². The van der Waals surface area contributed by atoms with E-state index in [-0.39, 0.29) is 23.2 Å². The Labute approximate surface area is 126 Å². The Hall–Kier alpha value is -3.15. The first-order valence-corrected chi connectivity index (χ1v) is 6.58. The fraction of sp³-hybridized carbons (Fsp3) is 0. The molecule has 0 bridgehead atoms. The number of halogens is 1. The highest BCUT2D eigenvalue weighted by atomic mass is 19.1. The minimum absolute atomic E-state index is 0.0390. The largest absolute Gasteiger partial charge is 0.508 e. The molecular formula is C16H13FN4O. The molecule has 0 aliphatic heterocycles. The summed E-state index contributed by atoms with van der Waals surface area (Å²) >= 11 is 0. The Kier molecular flexibility index (Phi) is 3.57. The summed E-state index contributed by atoms with van der Waals surface area (Å²) in [6.45, 7) is 0. The minimum Gasteiger partial charge on any atom is -0.508 e. The van der Waals surface area contributed by atoms with Gasteiger partial charge < -0.3 is 16.2 Å². The van der Waals surface area contributed by atoms with Gasteiger partial charge in [-0.25, -0.2) is 9.37 Å². The monoisotopic (exact) mass is 296 g/mol. The van der Waals surface area contributed by atoms with E-state index in [4.69, 9.17) is 5.73 Å². The number of aromatic nitrogens is 2. The van der Waals surface area contributed by atoms with Crippen molar-refractivity contribution in [3.05, 3.63) is 60.4 Å². The van der Waals surface area contributed by atoms with E-state index in [0.717, 1.165) is 0 Å². The average molecular weight is 296 g/mol. The Balaban J connectivity index is 2.04. The molecule has 0 amide bonds. The lowest BCUT2D eigenvalue weighted by molar-refractivity contribution is 0.475. The smallest absolute Gasteiger partial charge is 0.222 e. The van der Waals surface area contributed by atoms with Gasteiger partial charge in [-0.2, -0.15) is 4.98 Å². The lowest BCUT2D eigenvalue weighted by Gasteiger charge is -2.10. The van der Waals surface area contributed by atoms with Crippen molar-refractivity contribution in [1.82, 2.24) is 9.97 Å². The SMILES string of the molecule is Nc1nc(Nc2cccc(O)c2)c(F)c(-c2ccccc2)n1. The number of nitrogens with two attached hydrogens (primary N) is 1. The van der Waals surface area contributed by atoms with Crippen LogP contribution >= 0.6 is 0 Å². The fourth-order valence-corrected chi connectivity index (χ4v) is 2.05. The standard InChI is InChI=1S/C16H13FN4O/c17-13-14(10-5-2-1-3-6-10)20-16(18)21-15(13)19-11-7-4-8-12(22)9-11/h1-9,22H,(H3,18,19,20,21). The van der Waals surface area contributed by atoms with Crippen LogP contribution in [0.15, 0.2) is 54.6 Å². The van der Waals surface area contributed by atoms with E-state index in [1.807, 2.05) is 6.07 Å². The van der Waals surface area contributed by atoms with E-state index in [0.29, 0.717) is 11.3 Å². The number of nitrogens with one attached hydrogen (secondary N) is 1. The molecule has 0 aliphatic carbocycles. The predicted molar refractivity (Wildman–Crippen MR) is 83.2 cm³/mol. The number of hydrogen-bond acceptors (Lipinski definition) is 5. The van der Waals surface area contributed by atoms with Crippen molar-refractivity contribution in [2.75, 3.05) is 11.1 Å². The number of phenolic OH excluding ortho intramolecular Hbond substituents is 1. The van der Waals surface area contributed by atoms with E-state index in [1.165, 1.54) is 12.1 Å². The van der Waals surface area contributed by atoms with E-state index < -0.39 is 5.82 Å². The molecule has 3 aromatic rings. The van der Waals surface area contributed by atoms with Crippen molar-refractivity contribution in [3.8, 4) is 17.0 Å². The number of phenols is 1. The van der Waals surface area contributed by atoms with Crippen LogP contribution in [0.3, 0.4) is 0 Å². The van der Waals surface area contributed by atoms with Gasteiger partial charge in [0.1, 0.15) is 11.4 Å². The topological polar surface area (TPSA) is 84.1 Å². The molecule has 0 spiro atoms. The van der Waals surface area contributed by atoms with Crippen molar-refractivity contribution >= 4 is 17.5 Å². The normalized spacial score (nSPS) is 10.4. The summed E-state index contributed by atoms with van der Waals surface area (Å²) < 4.78 is 14.6. The van der Waals surface area contributed by atoms with Gasteiger partial charge in [-0.05, 0) is 12.1 Å². The molecule has 110 valence electrons. The van der Waals surface area contributed by atoms with Crippen LogP contribution < -0.4 is 11.1 Å². The van der Waals surface area contributed by atoms with Crippen molar-refractivity contribution in [2.45, 2.75) is 0 Å². The maximum atomic E-state index is 14.6. The molecule has 0 saturated heterocycles. The molecule has 0 atom stereocenters. The second kappa shape index (κ2) is 5.69. The molecule has 1 aromatic heterocycles. The van der Waals surface area contributed by atoms with E-state index >= 15 is 0 Å². The molecule has 1 heterocycles. The van der Waals surface area contributed by atoms with Gasteiger partial charge in [0.05, 0.1) is 0 Å². The number of benzene rings is 2. The molecule has 0 fully saturated rings. The average Bonchev–Trinajstić information content (AvgIpc) is 2.51. The van der Waals surface area contributed by atoms with Gasteiger partial charge in [0.25, 0.3) is 0 Å². The predicted octanol–water partition coefficient (Wildman–Crippen LogP) is 3.31. The number of rotatable bonds is 3. The molecule has 22 heavy (non-hydrogen) atoms. The summed E-state index contributed by atoms with van der Waals surface area (Å²) in [6, 6.07) is 15.2. The van der Waals surface area contributed by atoms with Crippen LogP contribution in [-0.2, 0) is 0 Å². The molecule has 2 aromatic carbocycles. The third-order valence-electron chi connectivity index (χ3n) is 3.02. The van der Waals surface area contributed by atoms with Crippen molar-refractivity contribution < 1.29 is 9.50 Å². The van der Waals surface area contributed by atoms with Crippen LogP contribution in [-0.4, -0.2) is 15.1 Å². The first kappa shape index (κ1) is 13.8. The quantitative estimate of drug-likeness (QED) is 0.690. The first-order valence-electron chi connectivity index (χ1n) is 6.58. The lowest BCUT2D eigenvalue weighted by atomic mass is 10.1. The van der Waals surface area contributed by atoms with E-state index in [2.05, 4.69) is 15.3 Å². The van der Waals surface area contributed by atoms with Gasteiger partial charge >= 0.3 is 0 Å². The van der Waals surface area contributed by atoms with Crippen LogP contribution in [0, 0.1) is 5.82 Å². The number of nitrogens with zero attached hydrogens (tertiary/aromatic N) is 2. The van der Waals surface area contributed by atoms with Gasteiger partial charge in [0.15, 0.2) is 11.6 Å². The molecule has 6 heteroatoms. The zero-order valence-electron chi connectivity index (χ0n) is 11.5. The number of aromatic hydroxyl groups is 1. The Morgan fingerprint density at radius 2 is 1.77 bits per heavy atom. The second-order valence-electron chi connectivity index (χ2n) is 4.63. The van der Waals surface area contributed by atoms with Gasteiger partial charge in [-0.15, -0.1) is 0 Å². The Bertz CT molecular complexity index is 808. The summed E-state index contributed by atoms with van der Waals surface area (Å²) in [6.07, 6.45) is 0. The van der Waals surface area contributed by atoms with Gasteiger partial charge in [-0.1, -0.05) is 36.4 Å². The molecule has 0 unspecified atom stereocenters. The fourth-order valence-electron chi connectivity index (χ4n) is 2.05. The lowest BCUT2D eigenvalue weighted by Crippen LogP contribution is -2.05. The summed E-state index contributed by atoms with van der Waals surface area (Å²) in [4.78, 5) is 7.85. The van der Waals surface area contributed by atoms with E-state index in [9.17, 15) is 9.50 Å². The zero-order valence-corrected chi connectivity index (χ0v) is 11.5. The third kappa shape index (κ3) is 2.80. The van der Waals surface area contributed by atoms with Crippen molar-refractivity contribution in [1.29, 1.82) is 0 Å². The molecule has 4 N–H and O–H groups in total. The van der Waals surface area contributed by atoms with Crippen LogP contribution in [0.2, 0.25) is 0 Å². The zero-order chi connectivity index (χ0) is 15.5. The number of hydrogen-bond donors (Lipinski definition) is 3. The van der Waals surface area contributed by atoms with E-state index in [1.54, 1.807) is 36.4 Å².